The molecule has 1 rings (SSSR count). The fourth-order valence-corrected chi connectivity index (χ4v) is 3.05. The minimum Gasteiger partial charge on any atom is -0.481 e. The Hall–Kier alpha value is -1.89. The van der Waals surface area contributed by atoms with E-state index in [1.165, 1.54) is 0 Å². The molecule has 1 aliphatic rings. The normalized spacial score (nSPS) is 19.8. The Balaban J connectivity index is 2.37. The molecule has 2 atom stereocenters. The lowest BCUT2D eigenvalue weighted by molar-refractivity contribution is -0.137. The van der Waals surface area contributed by atoms with Crippen LogP contribution in [0.25, 0.3) is 0 Å². The lowest BCUT2D eigenvalue weighted by atomic mass is 9.91. The van der Waals surface area contributed by atoms with Gasteiger partial charge in [0, 0.05) is 38.0 Å². The first kappa shape index (κ1) is 21.2. The Kier molecular flexibility index (Phi) is 10.6. The van der Waals surface area contributed by atoms with Gasteiger partial charge in [-0.1, -0.05) is 25.8 Å². The number of carbonyl (C=O) groups excluding carboxylic acids is 2. The predicted molar refractivity (Wildman–Crippen MR) is 98.0 cm³/mol. The number of carboxylic acids is 1. The van der Waals surface area contributed by atoms with Crippen LogP contribution in [0, 0.1) is 23.7 Å². The Bertz CT molecular complexity index is 536. The molecule has 25 heavy (non-hydrogen) atoms. The zero-order valence-corrected chi connectivity index (χ0v) is 15.3. The van der Waals surface area contributed by atoms with Crippen LogP contribution in [0.3, 0.4) is 0 Å². The third-order valence-corrected chi connectivity index (χ3v) is 4.60. The van der Waals surface area contributed by atoms with Crippen molar-refractivity contribution in [3.05, 3.63) is 12.2 Å². The van der Waals surface area contributed by atoms with Crippen LogP contribution in [0.4, 0.5) is 0 Å². The number of carbonyl (C=O) groups is 3. The van der Waals surface area contributed by atoms with E-state index in [1.807, 2.05) is 6.08 Å². The van der Waals surface area contributed by atoms with E-state index in [2.05, 4.69) is 18.8 Å². The van der Waals surface area contributed by atoms with E-state index >= 15 is 0 Å². The number of carboxylic acid groups (broad SMARTS) is 1. The molecule has 1 N–H and O–H groups in total. The largest absolute Gasteiger partial charge is 0.481 e. The summed E-state index contributed by atoms with van der Waals surface area (Å²) in [5.41, 5.74) is 0. The summed E-state index contributed by atoms with van der Waals surface area (Å²) < 4.78 is 0. The van der Waals surface area contributed by atoms with Crippen molar-refractivity contribution in [3.63, 3.8) is 0 Å². The van der Waals surface area contributed by atoms with Crippen LogP contribution in [-0.4, -0.2) is 22.6 Å². The monoisotopic (exact) mass is 346 g/mol. The summed E-state index contributed by atoms with van der Waals surface area (Å²) in [6.45, 7) is 2.11. The average Bonchev–Trinajstić information content (AvgIpc) is 2.92. The molecule has 0 aromatic rings. The summed E-state index contributed by atoms with van der Waals surface area (Å²) in [7, 11) is 0. The quantitative estimate of drug-likeness (QED) is 0.343. The minimum absolute atomic E-state index is 0.0915. The summed E-state index contributed by atoms with van der Waals surface area (Å²) >= 11 is 0. The molecular weight excluding hydrogens is 316 g/mol. The Labute approximate surface area is 151 Å². The molecule has 0 saturated heterocycles. The highest BCUT2D eigenvalue weighted by Crippen LogP contribution is 2.32. The van der Waals surface area contributed by atoms with Gasteiger partial charge in [-0.25, -0.2) is 0 Å². The zero-order valence-electron chi connectivity index (χ0n) is 15.3. The van der Waals surface area contributed by atoms with E-state index in [9.17, 15) is 14.4 Å². The van der Waals surface area contributed by atoms with E-state index in [-0.39, 0.29) is 29.8 Å². The number of allylic oxidation sites excluding steroid dienone is 2. The van der Waals surface area contributed by atoms with E-state index in [0.29, 0.717) is 32.1 Å². The SMILES string of the molecule is CCCCCC(=O)/C=C/C1CCC(=O)C1CC#CCCCCC(=O)O. The van der Waals surface area contributed by atoms with Crippen molar-refractivity contribution in [3.8, 4) is 11.8 Å². The highest BCUT2D eigenvalue weighted by molar-refractivity contribution is 5.90. The molecule has 0 aromatic carbocycles. The van der Waals surface area contributed by atoms with E-state index in [4.69, 9.17) is 5.11 Å². The highest BCUT2D eigenvalue weighted by Gasteiger charge is 2.32. The predicted octanol–water partition coefficient (Wildman–Crippen LogP) is 4.33. The van der Waals surface area contributed by atoms with Gasteiger partial charge in [0.05, 0.1) is 0 Å². The lowest BCUT2D eigenvalue weighted by Gasteiger charge is -2.11. The average molecular weight is 346 g/mol. The number of hydrogen-bond donors (Lipinski definition) is 1. The maximum Gasteiger partial charge on any atom is 0.303 e. The zero-order chi connectivity index (χ0) is 18.5. The van der Waals surface area contributed by atoms with Gasteiger partial charge in [0.15, 0.2) is 5.78 Å². The van der Waals surface area contributed by atoms with Gasteiger partial charge in [0.2, 0.25) is 0 Å². The van der Waals surface area contributed by atoms with Gasteiger partial charge < -0.3 is 5.11 Å². The van der Waals surface area contributed by atoms with Crippen LogP contribution in [-0.2, 0) is 14.4 Å². The molecule has 0 radical (unpaired) electrons. The topological polar surface area (TPSA) is 71.4 Å². The molecule has 0 heterocycles. The van der Waals surface area contributed by atoms with Gasteiger partial charge in [0.1, 0.15) is 5.78 Å². The van der Waals surface area contributed by atoms with Gasteiger partial charge in [-0.15, -0.1) is 11.8 Å². The second kappa shape index (κ2) is 12.5. The first-order valence-electron chi connectivity index (χ1n) is 9.45. The third-order valence-electron chi connectivity index (χ3n) is 4.60. The molecule has 1 fully saturated rings. The summed E-state index contributed by atoms with van der Waals surface area (Å²) in [6.07, 6.45) is 11.5. The van der Waals surface area contributed by atoms with Crippen molar-refractivity contribution in [2.24, 2.45) is 11.8 Å². The third kappa shape index (κ3) is 9.24. The van der Waals surface area contributed by atoms with Gasteiger partial charge in [-0.2, -0.15) is 0 Å². The van der Waals surface area contributed by atoms with Crippen molar-refractivity contribution in [1.29, 1.82) is 0 Å². The summed E-state index contributed by atoms with van der Waals surface area (Å²) in [5, 5.41) is 8.56. The van der Waals surface area contributed by atoms with E-state index in [0.717, 1.165) is 32.1 Å². The number of rotatable bonds is 11. The van der Waals surface area contributed by atoms with Crippen LogP contribution in [0.5, 0.6) is 0 Å². The standard InChI is InChI=1S/C21H30O4/c1-2-3-7-10-18(22)15-13-17-14-16-20(23)19(17)11-8-5-4-6-9-12-21(24)25/h13,15,17,19H,2-4,6-7,9-12,14,16H2,1H3,(H,24,25)/b15-13+. The Morgan fingerprint density at radius 2 is 1.92 bits per heavy atom. The van der Waals surface area contributed by atoms with Crippen LogP contribution in [0.15, 0.2) is 12.2 Å². The number of aliphatic carboxylic acids is 1. The van der Waals surface area contributed by atoms with Crippen LogP contribution in [0.2, 0.25) is 0 Å². The number of Topliss-reactive ketones (excluding diaryl/α,β-unsaturated/α-hetero) is 1. The van der Waals surface area contributed by atoms with Gasteiger partial charge in [0.25, 0.3) is 0 Å². The maximum atomic E-state index is 12.0. The van der Waals surface area contributed by atoms with Crippen LogP contribution < -0.4 is 0 Å². The van der Waals surface area contributed by atoms with Gasteiger partial charge in [-0.3, -0.25) is 14.4 Å². The first-order chi connectivity index (χ1) is 12.0. The molecule has 0 aliphatic heterocycles. The molecular formula is C21H30O4. The number of ketones is 2. The smallest absolute Gasteiger partial charge is 0.303 e. The fraction of sp³-hybridized carbons (Fsp3) is 0.667. The van der Waals surface area contributed by atoms with Crippen LogP contribution >= 0.6 is 0 Å². The second-order valence-electron chi connectivity index (χ2n) is 6.72. The molecule has 1 saturated carbocycles. The van der Waals surface area contributed by atoms with Crippen molar-refractivity contribution in [1.82, 2.24) is 0 Å². The number of unbranched alkanes of at least 4 members (excludes halogenated alkanes) is 4. The van der Waals surface area contributed by atoms with Gasteiger partial charge >= 0.3 is 5.97 Å². The van der Waals surface area contributed by atoms with E-state index in [1.54, 1.807) is 6.08 Å². The Morgan fingerprint density at radius 1 is 1.16 bits per heavy atom. The summed E-state index contributed by atoms with van der Waals surface area (Å²) in [5.74, 6) is 5.76. The Morgan fingerprint density at radius 3 is 2.64 bits per heavy atom. The molecule has 4 heteroatoms. The van der Waals surface area contributed by atoms with E-state index < -0.39 is 5.97 Å². The highest BCUT2D eigenvalue weighted by atomic mass is 16.4. The number of hydrogen-bond acceptors (Lipinski definition) is 3. The summed E-state index contributed by atoms with van der Waals surface area (Å²) in [6, 6.07) is 0. The second-order valence-corrected chi connectivity index (χ2v) is 6.72. The van der Waals surface area contributed by atoms with Crippen molar-refractivity contribution in [2.45, 2.75) is 77.6 Å². The molecule has 0 spiro atoms. The van der Waals surface area contributed by atoms with Crippen molar-refractivity contribution in [2.75, 3.05) is 0 Å². The van der Waals surface area contributed by atoms with Crippen molar-refractivity contribution >= 4 is 17.5 Å². The van der Waals surface area contributed by atoms with Gasteiger partial charge in [-0.05, 0) is 37.7 Å². The summed E-state index contributed by atoms with van der Waals surface area (Å²) in [4.78, 5) is 34.3. The molecule has 1 aliphatic carbocycles. The lowest BCUT2D eigenvalue weighted by Crippen LogP contribution is -2.12. The van der Waals surface area contributed by atoms with Crippen LogP contribution in [0.1, 0.15) is 77.6 Å². The molecule has 2 unspecified atom stereocenters. The fourth-order valence-electron chi connectivity index (χ4n) is 3.05. The minimum atomic E-state index is -0.775. The molecule has 0 amide bonds. The maximum absolute atomic E-state index is 12.0. The molecule has 0 aromatic heterocycles. The molecule has 4 nitrogen and oxygen atoms in total. The molecule has 0 bridgehead atoms. The molecule has 138 valence electrons. The first-order valence-corrected chi connectivity index (χ1v) is 9.45. The van der Waals surface area contributed by atoms with Crippen molar-refractivity contribution < 1.29 is 19.5 Å².